The molecule has 11 heteroatoms. The molecule has 248 valence electrons. The normalized spacial score (nSPS) is 35.7. The maximum atomic E-state index is 14.9. The summed E-state index contributed by atoms with van der Waals surface area (Å²) in [4.78, 5) is 62.0. The van der Waals surface area contributed by atoms with Gasteiger partial charge in [-0.2, -0.15) is 0 Å². The number of ether oxygens (including phenoxy) is 2. The number of aliphatic hydroxyl groups is 1. The highest BCUT2D eigenvalue weighted by molar-refractivity contribution is 9.11. The lowest BCUT2D eigenvalue weighted by Crippen LogP contribution is -2.59. The lowest BCUT2D eigenvalue weighted by atomic mass is 9.74. The lowest BCUT2D eigenvalue weighted by Gasteiger charge is -2.41. The Bertz CT molecular complexity index is 1410. The van der Waals surface area contributed by atoms with Gasteiger partial charge >= 0.3 is 5.97 Å². The standard InChI is InChI=1S/C35H44BrN3O7/c1-21(20-40)39-31-33(43)38(24-15-9-5-10-16-24)18-12-6-11-17-26(41)37(3)22(2)29(23-13-7-4-8-14-23)45-34(44)27-28(32(39)42)35(31)19-25(36)30(27)46-35/h4,6-8,12-14,19,21-22,24,27-31,40H,5,9-11,15-18,20H2,1-3H3/b12-6-/t21-,22+,27-,28+,29-,30-,31-,35+/m1/s1. The van der Waals surface area contributed by atoms with Gasteiger partial charge in [-0.1, -0.05) is 77.7 Å². The summed E-state index contributed by atoms with van der Waals surface area (Å²) in [5.74, 6) is -3.42. The van der Waals surface area contributed by atoms with Crippen LogP contribution in [0.2, 0.25) is 0 Å². The first-order valence-corrected chi connectivity index (χ1v) is 17.4. The Labute approximate surface area is 278 Å². The summed E-state index contributed by atoms with van der Waals surface area (Å²) in [5, 5.41) is 10.3. The van der Waals surface area contributed by atoms with Crippen molar-refractivity contribution in [2.24, 2.45) is 11.8 Å². The first-order chi connectivity index (χ1) is 22.1. The molecule has 5 bridgehead atoms. The maximum Gasteiger partial charge on any atom is 0.313 e. The number of nitrogens with zero attached hydrogens (tertiary/aromatic N) is 3. The van der Waals surface area contributed by atoms with Gasteiger partial charge in [-0.05, 0) is 44.7 Å². The van der Waals surface area contributed by atoms with Crippen molar-refractivity contribution >= 4 is 39.6 Å². The zero-order chi connectivity index (χ0) is 32.7. The van der Waals surface area contributed by atoms with Crippen molar-refractivity contribution in [1.82, 2.24) is 14.7 Å². The van der Waals surface area contributed by atoms with Crippen LogP contribution in [0.3, 0.4) is 0 Å². The van der Waals surface area contributed by atoms with Crippen LogP contribution in [0.15, 0.2) is 53.0 Å². The second kappa shape index (κ2) is 13.2. The number of rotatable bonds is 4. The molecule has 4 aliphatic heterocycles. The number of cyclic esters (lactones) is 1. The van der Waals surface area contributed by atoms with Crippen LogP contribution < -0.4 is 0 Å². The van der Waals surface area contributed by atoms with E-state index in [1.807, 2.05) is 54.3 Å². The van der Waals surface area contributed by atoms with Gasteiger partial charge in [-0.3, -0.25) is 19.2 Å². The molecule has 6 rings (SSSR count). The maximum absolute atomic E-state index is 14.9. The number of likely N-dealkylation sites (tertiary alicyclic amines) is 1. The van der Waals surface area contributed by atoms with E-state index in [9.17, 15) is 24.3 Å². The first-order valence-electron chi connectivity index (χ1n) is 16.6. The van der Waals surface area contributed by atoms with E-state index in [2.05, 4.69) is 15.9 Å². The van der Waals surface area contributed by atoms with Crippen molar-refractivity contribution in [2.45, 2.75) is 101 Å². The molecule has 8 atom stereocenters. The van der Waals surface area contributed by atoms with Crippen LogP contribution in [0.25, 0.3) is 0 Å². The smallest absolute Gasteiger partial charge is 0.313 e. The van der Waals surface area contributed by atoms with Crippen LogP contribution in [-0.4, -0.2) is 99.6 Å². The summed E-state index contributed by atoms with van der Waals surface area (Å²) in [7, 11) is 1.71. The van der Waals surface area contributed by atoms with Crippen LogP contribution in [0.4, 0.5) is 0 Å². The van der Waals surface area contributed by atoms with Gasteiger partial charge in [0.1, 0.15) is 29.8 Å². The number of aliphatic hydroxyl groups excluding tert-OH is 1. The SMILES string of the molecule is C[C@H](CO)N1C(=O)[C@@H]2[C@H]3C(=O)O[C@@H](c4ccccc4)[C@H](C)N(C)C(=O)CC/C=C\CN(C4CCCCC4)C(=O)[C@@H]1[C@]21C=C(Br)[C@H]3O1. The molecule has 3 fully saturated rings. The number of hydrogen-bond acceptors (Lipinski definition) is 7. The van der Waals surface area contributed by atoms with Crippen molar-refractivity contribution in [3.63, 3.8) is 0 Å². The third kappa shape index (κ3) is 5.52. The summed E-state index contributed by atoms with van der Waals surface area (Å²) in [5.41, 5.74) is -0.686. The molecule has 0 unspecified atom stereocenters. The Hall–Kier alpha value is -3.02. The molecule has 1 spiro atoms. The van der Waals surface area contributed by atoms with E-state index in [-0.39, 0.29) is 30.9 Å². The average Bonchev–Trinajstić information content (AvgIpc) is 3.67. The van der Waals surface area contributed by atoms with Crippen LogP contribution in [0.1, 0.15) is 70.5 Å². The van der Waals surface area contributed by atoms with Gasteiger partial charge in [0.25, 0.3) is 0 Å². The molecule has 4 heterocycles. The van der Waals surface area contributed by atoms with Crippen molar-refractivity contribution in [2.75, 3.05) is 20.2 Å². The van der Waals surface area contributed by atoms with Gasteiger partial charge in [0.05, 0.1) is 24.6 Å². The molecule has 3 amide bonds. The van der Waals surface area contributed by atoms with Gasteiger partial charge < -0.3 is 29.3 Å². The first kappa shape index (κ1) is 32.9. The van der Waals surface area contributed by atoms with Crippen LogP contribution in [0.5, 0.6) is 0 Å². The number of hydrogen-bond donors (Lipinski definition) is 1. The topological polar surface area (TPSA) is 117 Å². The zero-order valence-electron chi connectivity index (χ0n) is 26.7. The van der Waals surface area contributed by atoms with E-state index in [0.29, 0.717) is 17.4 Å². The van der Waals surface area contributed by atoms with Crippen molar-refractivity contribution in [3.05, 3.63) is 58.6 Å². The number of carbonyl (C=O) groups excluding carboxylic acids is 4. The molecule has 1 aromatic rings. The quantitative estimate of drug-likeness (QED) is 0.375. The minimum Gasteiger partial charge on any atom is -0.455 e. The third-order valence-corrected chi connectivity index (χ3v) is 11.4. The largest absolute Gasteiger partial charge is 0.455 e. The number of allylic oxidation sites excluding steroid dienone is 1. The molecule has 2 saturated heterocycles. The molecular formula is C35H44BrN3O7. The van der Waals surface area contributed by atoms with E-state index in [4.69, 9.17) is 9.47 Å². The van der Waals surface area contributed by atoms with E-state index >= 15 is 0 Å². The van der Waals surface area contributed by atoms with Crippen molar-refractivity contribution < 1.29 is 33.8 Å². The molecule has 1 aliphatic carbocycles. The molecule has 46 heavy (non-hydrogen) atoms. The third-order valence-electron chi connectivity index (χ3n) is 10.7. The van der Waals surface area contributed by atoms with Crippen molar-refractivity contribution in [1.29, 1.82) is 0 Å². The number of carbonyl (C=O) groups is 4. The summed E-state index contributed by atoms with van der Waals surface area (Å²) in [6.45, 7) is 3.54. The Kier molecular flexibility index (Phi) is 9.47. The highest BCUT2D eigenvalue weighted by Crippen LogP contribution is 2.59. The molecule has 1 saturated carbocycles. The van der Waals surface area contributed by atoms with E-state index < -0.39 is 59.6 Å². The van der Waals surface area contributed by atoms with Crippen molar-refractivity contribution in [3.8, 4) is 0 Å². The molecule has 0 radical (unpaired) electrons. The number of benzene rings is 1. The number of halogens is 1. The van der Waals surface area contributed by atoms with Gasteiger partial charge in [-0.15, -0.1) is 0 Å². The monoisotopic (exact) mass is 697 g/mol. The fourth-order valence-corrected chi connectivity index (χ4v) is 8.88. The lowest BCUT2D eigenvalue weighted by molar-refractivity contribution is -0.164. The molecule has 0 aromatic heterocycles. The Morgan fingerprint density at radius 1 is 1.02 bits per heavy atom. The van der Waals surface area contributed by atoms with Gasteiger partial charge in [0.15, 0.2) is 0 Å². The Morgan fingerprint density at radius 3 is 2.43 bits per heavy atom. The zero-order valence-corrected chi connectivity index (χ0v) is 28.3. The van der Waals surface area contributed by atoms with Crippen LogP contribution in [0, 0.1) is 11.8 Å². The Balaban J connectivity index is 1.46. The molecular weight excluding hydrogens is 654 g/mol. The number of amides is 3. The van der Waals surface area contributed by atoms with E-state index in [1.54, 1.807) is 24.9 Å². The van der Waals surface area contributed by atoms with Gasteiger partial charge in [0, 0.05) is 30.5 Å². The number of likely N-dealkylation sites (N-methyl/N-ethyl adjacent to an activating group) is 1. The van der Waals surface area contributed by atoms with E-state index in [1.165, 1.54) is 4.90 Å². The Morgan fingerprint density at radius 2 is 1.74 bits per heavy atom. The minimum absolute atomic E-state index is 0.0168. The fourth-order valence-electron chi connectivity index (χ4n) is 8.15. The van der Waals surface area contributed by atoms with Gasteiger partial charge in [0.2, 0.25) is 17.7 Å². The highest BCUT2D eigenvalue weighted by Gasteiger charge is 2.75. The minimum atomic E-state index is -1.41. The molecule has 1 aromatic carbocycles. The predicted octanol–water partition coefficient (Wildman–Crippen LogP) is 3.88. The second-order valence-corrected chi connectivity index (χ2v) is 14.3. The summed E-state index contributed by atoms with van der Waals surface area (Å²) in [6.07, 6.45) is 9.63. The molecule has 5 aliphatic rings. The van der Waals surface area contributed by atoms with Crippen LogP contribution in [-0.2, 0) is 28.7 Å². The summed E-state index contributed by atoms with van der Waals surface area (Å²) < 4.78 is 13.5. The fraction of sp³-hybridized carbons (Fsp3) is 0.600. The van der Waals surface area contributed by atoms with Gasteiger partial charge in [-0.25, -0.2) is 0 Å². The second-order valence-electron chi connectivity index (χ2n) is 13.4. The summed E-state index contributed by atoms with van der Waals surface area (Å²) >= 11 is 3.61. The molecule has 1 N–H and O–H groups in total. The summed E-state index contributed by atoms with van der Waals surface area (Å²) in [6, 6.07) is 7.01. The van der Waals surface area contributed by atoms with E-state index in [0.717, 1.165) is 37.7 Å². The number of esters is 1. The molecule has 10 nitrogen and oxygen atoms in total. The predicted molar refractivity (Wildman–Crippen MR) is 173 cm³/mol. The van der Waals surface area contributed by atoms with Crippen LogP contribution >= 0.6 is 15.9 Å². The highest BCUT2D eigenvalue weighted by atomic mass is 79.9. The number of fused-ring (bicyclic) bond motifs is 2. The average molecular weight is 699 g/mol.